The second-order valence-corrected chi connectivity index (χ2v) is 4.18. The highest BCUT2D eigenvalue weighted by Gasteiger charge is 2.10. The van der Waals surface area contributed by atoms with E-state index >= 15 is 0 Å². The molecule has 2 heterocycles. The third-order valence-corrected chi connectivity index (χ3v) is 3.01. The van der Waals surface area contributed by atoms with Crippen LogP contribution in [0.25, 0.3) is 28.2 Å². The number of nitriles is 1. The number of hydrogen-bond acceptors (Lipinski definition) is 4. The minimum absolute atomic E-state index is 0.535. The van der Waals surface area contributed by atoms with Gasteiger partial charge in [0.2, 0.25) is 0 Å². The standard InChI is InChI=1S/C16H10N4/c1-2-15-19-10-13-12(6-3-7-14(13)20-15)16-11(9-17)5-4-8-18-16/h2-8,10H,1H2. The molecule has 0 fully saturated rings. The molecule has 0 spiro atoms. The zero-order chi connectivity index (χ0) is 13.9. The lowest BCUT2D eigenvalue weighted by molar-refractivity contribution is 1.18. The van der Waals surface area contributed by atoms with Crippen LogP contribution in [0.2, 0.25) is 0 Å². The summed E-state index contributed by atoms with van der Waals surface area (Å²) in [6.45, 7) is 3.67. The van der Waals surface area contributed by atoms with Crippen LogP contribution in [0, 0.1) is 11.3 Å². The summed E-state index contributed by atoms with van der Waals surface area (Å²) in [4.78, 5) is 12.9. The fraction of sp³-hybridized carbons (Fsp3) is 0. The van der Waals surface area contributed by atoms with Crippen LogP contribution < -0.4 is 0 Å². The van der Waals surface area contributed by atoms with Crippen molar-refractivity contribution < 1.29 is 0 Å². The summed E-state index contributed by atoms with van der Waals surface area (Å²) in [6, 6.07) is 11.4. The molecule has 4 nitrogen and oxygen atoms in total. The molecule has 0 aliphatic rings. The van der Waals surface area contributed by atoms with Gasteiger partial charge in [0.1, 0.15) is 6.07 Å². The molecule has 3 aromatic rings. The lowest BCUT2D eigenvalue weighted by Crippen LogP contribution is -1.93. The van der Waals surface area contributed by atoms with Crippen LogP contribution >= 0.6 is 0 Å². The van der Waals surface area contributed by atoms with Crippen LogP contribution in [0.3, 0.4) is 0 Å². The summed E-state index contributed by atoms with van der Waals surface area (Å²) < 4.78 is 0. The number of nitrogens with zero attached hydrogens (tertiary/aromatic N) is 4. The van der Waals surface area contributed by atoms with E-state index in [4.69, 9.17) is 0 Å². The molecule has 0 saturated carbocycles. The first-order valence-corrected chi connectivity index (χ1v) is 6.07. The molecular formula is C16H10N4. The molecule has 0 unspecified atom stereocenters. The van der Waals surface area contributed by atoms with E-state index in [1.165, 1.54) is 0 Å². The van der Waals surface area contributed by atoms with E-state index in [0.717, 1.165) is 16.5 Å². The number of benzene rings is 1. The van der Waals surface area contributed by atoms with Gasteiger partial charge in [-0.05, 0) is 24.3 Å². The van der Waals surface area contributed by atoms with Crippen LogP contribution in [0.4, 0.5) is 0 Å². The maximum Gasteiger partial charge on any atom is 0.151 e. The molecule has 94 valence electrons. The van der Waals surface area contributed by atoms with Gasteiger partial charge in [-0.1, -0.05) is 18.7 Å². The Kier molecular flexibility index (Phi) is 2.94. The largest absolute Gasteiger partial charge is 0.255 e. The van der Waals surface area contributed by atoms with Gasteiger partial charge in [0.05, 0.1) is 16.8 Å². The van der Waals surface area contributed by atoms with Crippen LogP contribution in [0.1, 0.15) is 11.4 Å². The van der Waals surface area contributed by atoms with E-state index in [9.17, 15) is 5.26 Å². The third kappa shape index (κ3) is 1.91. The fourth-order valence-corrected chi connectivity index (χ4v) is 2.08. The SMILES string of the molecule is C=Cc1ncc2c(-c3ncccc3C#N)cccc2n1. The Morgan fingerprint density at radius 1 is 1.15 bits per heavy atom. The van der Waals surface area contributed by atoms with Gasteiger partial charge in [0, 0.05) is 23.3 Å². The topological polar surface area (TPSA) is 62.5 Å². The van der Waals surface area contributed by atoms with Crippen molar-refractivity contribution in [1.29, 1.82) is 5.26 Å². The van der Waals surface area contributed by atoms with E-state index in [-0.39, 0.29) is 0 Å². The summed E-state index contributed by atoms with van der Waals surface area (Å²) >= 11 is 0. The minimum Gasteiger partial charge on any atom is -0.255 e. The van der Waals surface area contributed by atoms with Crippen molar-refractivity contribution in [2.24, 2.45) is 0 Å². The van der Waals surface area contributed by atoms with Gasteiger partial charge in [0.15, 0.2) is 5.82 Å². The van der Waals surface area contributed by atoms with E-state index in [1.54, 1.807) is 30.6 Å². The zero-order valence-corrected chi connectivity index (χ0v) is 10.6. The molecule has 2 aromatic heterocycles. The highest BCUT2D eigenvalue weighted by atomic mass is 14.9. The van der Waals surface area contributed by atoms with Gasteiger partial charge in [-0.25, -0.2) is 9.97 Å². The molecule has 0 radical (unpaired) electrons. The van der Waals surface area contributed by atoms with E-state index in [2.05, 4.69) is 27.6 Å². The Morgan fingerprint density at radius 3 is 2.85 bits per heavy atom. The van der Waals surface area contributed by atoms with Gasteiger partial charge >= 0.3 is 0 Å². The van der Waals surface area contributed by atoms with Crippen molar-refractivity contribution in [2.45, 2.75) is 0 Å². The predicted octanol–water partition coefficient (Wildman–Crippen LogP) is 3.21. The molecule has 3 rings (SSSR count). The lowest BCUT2D eigenvalue weighted by Gasteiger charge is -2.07. The maximum atomic E-state index is 9.20. The molecule has 20 heavy (non-hydrogen) atoms. The second-order valence-electron chi connectivity index (χ2n) is 4.18. The van der Waals surface area contributed by atoms with Crippen molar-refractivity contribution >= 4 is 17.0 Å². The molecular weight excluding hydrogens is 248 g/mol. The Hall–Kier alpha value is -3.06. The van der Waals surface area contributed by atoms with Crippen LogP contribution in [-0.2, 0) is 0 Å². The molecule has 0 bridgehead atoms. The highest BCUT2D eigenvalue weighted by Crippen LogP contribution is 2.28. The molecule has 1 aromatic carbocycles. The van der Waals surface area contributed by atoms with Gasteiger partial charge in [-0.15, -0.1) is 0 Å². The number of hydrogen-bond donors (Lipinski definition) is 0. The molecule has 0 saturated heterocycles. The van der Waals surface area contributed by atoms with Crippen LogP contribution in [0.5, 0.6) is 0 Å². The van der Waals surface area contributed by atoms with Crippen molar-refractivity contribution in [1.82, 2.24) is 15.0 Å². The van der Waals surface area contributed by atoms with E-state index in [1.807, 2.05) is 18.2 Å². The third-order valence-electron chi connectivity index (χ3n) is 3.01. The number of pyridine rings is 1. The zero-order valence-electron chi connectivity index (χ0n) is 10.6. The molecule has 4 heteroatoms. The number of fused-ring (bicyclic) bond motifs is 1. The quantitative estimate of drug-likeness (QED) is 0.708. The molecule has 0 atom stereocenters. The van der Waals surface area contributed by atoms with Gasteiger partial charge < -0.3 is 0 Å². The summed E-state index contributed by atoms with van der Waals surface area (Å²) in [5.41, 5.74) is 2.85. The average molecular weight is 258 g/mol. The van der Waals surface area contributed by atoms with E-state index in [0.29, 0.717) is 17.1 Å². The Morgan fingerprint density at radius 2 is 2.05 bits per heavy atom. The number of aromatic nitrogens is 3. The molecule has 0 N–H and O–H groups in total. The Labute approximate surface area is 116 Å². The minimum atomic E-state index is 0.535. The first-order chi connectivity index (χ1) is 9.83. The van der Waals surface area contributed by atoms with E-state index < -0.39 is 0 Å². The molecule has 0 aliphatic heterocycles. The van der Waals surface area contributed by atoms with Gasteiger partial charge in [-0.3, -0.25) is 4.98 Å². The Balaban J connectivity index is 2.32. The average Bonchev–Trinajstić information content (AvgIpc) is 2.53. The Bertz CT molecular complexity index is 846. The summed E-state index contributed by atoms with van der Waals surface area (Å²) in [7, 11) is 0. The smallest absolute Gasteiger partial charge is 0.151 e. The first-order valence-electron chi connectivity index (χ1n) is 6.07. The molecule has 0 amide bonds. The summed E-state index contributed by atoms with van der Waals surface area (Å²) in [5, 5.41) is 10.1. The summed E-state index contributed by atoms with van der Waals surface area (Å²) in [5.74, 6) is 0.580. The van der Waals surface area contributed by atoms with Crippen LogP contribution in [-0.4, -0.2) is 15.0 Å². The summed E-state index contributed by atoms with van der Waals surface area (Å²) in [6.07, 6.45) is 5.02. The fourth-order valence-electron chi connectivity index (χ4n) is 2.08. The predicted molar refractivity (Wildman–Crippen MR) is 77.6 cm³/mol. The van der Waals surface area contributed by atoms with Crippen molar-refractivity contribution in [3.8, 4) is 17.3 Å². The van der Waals surface area contributed by atoms with Gasteiger partial charge in [-0.2, -0.15) is 5.26 Å². The van der Waals surface area contributed by atoms with Crippen molar-refractivity contribution in [3.63, 3.8) is 0 Å². The maximum absolute atomic E-state index is 9.20. The first kappa shape index (κ1) is 12.0. The number of rotatable bonds is 2. The van der Waals surface area contributed by atoms with Crippen LogP contribution in [0.15, 0.2) is 49.3 Å². The monoisotopic (exact) mass is 258 g/mol. The second kappa shape index (κ2) is 4.90. The molecule has 0 aliphatic carbocycles. The van der Waals surface area contributed by atoms with Crippen molar-refractivity contribution in [3.05, 3.63) is 60.7 Å². The van der Waals surface area contributed by atoms with Crippen molar-refractivity contribution in [2.75, 3.05) is 0 Å². The normalized spacial score (nSPS) is 10.2. The lowest BCUT2D eigenvalue weighted by atomic mass is 10.0. The highest BCUT2D eigenvalue weighted by molar-refractivity contribution is 5.94. The van der Waals surface area contributed by atoms with Gasteiger partial charge in [0.25, 0.3) is 0 Å².